The Morgan fingerprint density at radius 2 is 1.85 bits per heavy atom. The molecule has 2 rings (SSSR count). The van der Waals surface area contributed by atoms with Gasteiger partial charge in [0.1, 0.15) is 0 Å². The Kier molecular flexibility index (Phi) is 6.86. The minimum atomic E-state index is -3.23. The first-order chi connectivity index (χ1) is 12.1. The van der Waals surface area contributed by atoms with E-state index >= 15 is 0 Å². The van der Waals surface area contributed by atoms with Crippen molar-refractivity contribution >= 4 is 15.9 Å². The molecule has 1 saturated heterocycles. The molecule has 5 nitrogen and oxygen atoms in total. The smallest absolute Gasteiger partial charge is 0.223 e. The van der Waals surface area contributed by atoms with Crippen LogP contribution < -0.4 is 4.72 Å². The number of piperidine rings is 1. The SMILES string of the molecule is CC(C)(C)c1ccc(CCC(=O)N2CCCCC2CNS(C)(=O)=O)cc1. The highest BCUT2D eigenvalue weighted by molar-refractivity contribution is 7.88. The van der Waals surface area contributed by atoms with Crippen molar-refractivity contribution in [2.24, 2.45) is 0 Å². The lowest BCUT2D eigenvalue weighted by molar-refractivity contribution is -0.134. The fraction of sp³-hybridized carbons (Fsp3) is 0.650. The summed E-state index contributed by atoms with van der Waals surface area (Å²) >= 11 is 0. The number of rotatable bonds is 6. The van der Waals surface area contributed by atoms with Crippen LogP contribution >= 0.6 is 0 Å². The second kappa shape index (κ2) is 8.53. The molecule has 1 N–H and O–H groups in total. The highest BCUT2D eigenvalue weighted by Crippen LogP contribution is 2.23. The average molecular weight is 381 g/mol. The molecule has 1 aliphatic rings. The van der Waals surface area contributed by atoms with Crippen molar-refractivity contribution in [1.82, 2.24) is 9.62 Å². The number of benzene rings is 1. The van der Waals surface area contributed by atoms with Crippen LogP contribution in [0.5, 0.6) is 0 Å². The summed E-state index contributed by atoms with van der Waals surface area (Å²) in [5.41, 5.74) is 2.58. The Balaban J connectivity index is 1.92. The second-order valence-corrected chi connectivity index (χ2v) is 10.1. The molecule has 0 aromatic heterocycles. The van der Waals surface area contributed by atoms with Gasteiger partial charge in [0, 0.05) is 25.6 Å². The minimum Gasteiger partial charge on any atom is -0.338 e. The van der Waals surface area contributed by atoms with Crippen molar-refractivity contribution in [2.45, 2.75) is 64.3 Å². The van der Waals surface area contributed by atoms with E-state index in [1.165, 1.54) is 5.56 Å². The van der Waals surface area contributed by atoms with Gasteiger partial charge < -0.3 is 4.90 Å². The molecule has 0 bridgehead atoms. The lowest BCUT2D eigenvalue weighted by Gasteiger charge is -2.36. The molecule has 0 radical (unpaired) electrons. The van der Waals surface area contributed by atoms with Crippen LogP contribution in [0.25, 0.3) is 0 Å². The van der Waals surface area contributed by atoms with Crippen LogP contribution in [0.3, 0.4) is 0 Å². The Labute approximate surface area is 158 Å². The van der Waals surface area contributed by atoms with Crippen molar-refractivity contribution in [1.29, 1.82) is 0 Å². The molecule has 0 saturated carbocycles. The van der Waals surface area contributed by atoms with Crippen LogP contribution in [-0.4, -0.2) is 44.6 Å². The first-order valence-electron chi connectivity index (χ1n) is 9.40. The molecule has 1 heterocycles. The molecule has 1 aromatic rings. The number of aryl methyl sites for hydroxylation is 1. The van der Waals surface area contributed by atoms with E-state index in [0.717, 1.165) is 37.6 Å². The number of sulfonamides is 1. The molecule has 1 amide bonds. The quantitative estimate of drug-likeness (QED) is 0.825. The van der Waals surface area contributed by atoms with Gasteiger partial charge in [-0.25, -0.2) is 13.1 Å². The number of likely N-dealkylation sites (tertiary alicyclic amines) is 1. The van der Waals surface area contributed by atoms with Crippen LogP contribution in [-0.2, 0) is 26.7 Å². The van der Waals surface area contributed by atoms with Crippen LogP contribution in [0.4, 0.5) is 0 Å². The summed E-state index contributed by atoms with van der Waals surface area (Å²) in [7, 11) is -3.23. The van der Waals surface area contributed by atoms with Gasteiger partial charge in [-0.15, -0.1) is 0 Å². The fourth-order valence-electron chi connectivity index (χ4n) is 3.35. The number of nitrogens with zero attached hydrogens (tertiary/aromatic N) is 1. The van der Waals surface area contributed by atoms with Gasteiger partial charge in [-0.05, 0) is 42.2 Å². The standard InChI is InChI=1S/C20H32N2O3S/c1-20(2,3)17-11-8-16(9-12-17)10-13-19(23)22-14-6-5-7-18(22)15-21-26(4,24)25/h8-9,11-12,18,21H,5-7,10,13-15H2,1-4H3. The lowest BCUT2D eigenvalue weighted by atomic mass is 9.86. The van der Waals surface area contributed by atoms with Crippen molar-refractivity contribution in [3.63, 3.8) is 0 Å². The summed E-state index contributed by atoms with van der Waals surface area (Å²) in [6.07, 6.45) is 5.21. The van der Waals surface area contributed by atoms with Crippen molar-refractivity contribution in [2.75, 3.05) is 19.3 Å². The third-order valence-electron chi connectivity index (χ3n) is 4.98. The van der Waals surface area contributed by atoms with Crippen molar-refractivity contribution < 1.29 is 13.2 Å². The summed E-state index contributed by atoms with van der Waals surface area (Å²) in [6, 6.07) is 8.45. The summed E-state index contributed by atoms with van der Waals surface area (Å²) < 4.78 is 25.2. The Morgan fingerprint density at radius 1 is 1.19 bits per heavy atom. The molecule has 1 fully saturated rings. The van der Waals surface area contributed by atoms with E-state index in [1.54, 1.807) is 0 Å². The van der Waals surface area contributed by atoms with Crippen molar-refractivity contribution in [3.8, 4) is 0 Å². The van der Waals surface area contributed by atoms with Gasteiger partial charge >= 0.3 is 0 Å². The van der Waals surface area contributed by atoms with Gasteiger partial charge in [-0.3, -0.25) is 4.79 Å². The molecule has 0 aliphatic carbocycles. The molecule has 1 aliphatic heterocycles. The van der Waals surface area contributed by atoms with E-state index in [-0.39, 0.29) is 17.4 Å². The molecule has 26 heavy (non-hydrogen) atoms. The van der Waals surface area contributed by atoms with E-state index < -0.39 is 10.0 Å². The van der Waals surface area contributed by atoms with Crippen LogP contribution in [0.2, 0.25) is 0 Å². The van der Waals surface area contributed by atoms with Gasteiger partial charge in [0.2, 0.25) is 15.9 Å². The van der Waals surface area contributed by atoms with E-state index in [9.17, 15) is 13.2 Å². The normalized spacial score (nSPS) is 18.8. The van der Waals surface area contributed by atoms with Crippen LogP contribution in [0.15, 0.2) is 24.3 Å². The topological polar surface area (TPSA) is 66.5 Å². The van der Waals surface area contributed by atoms with Gasteiger partial charge in [0.05, 0.1) is 6.26 Å². The summed E-state index contributed by atoms with van der Waals surface area (Å²) in [5, 5.41) is 0. The van der Waals surface area contributed by atoms with Crippen LogP contribution in [0, 0.1) is 0 Å². The fourth-order valence-corrected chi connectivity index (χ4v) is 3.85. The summed E-state index contributed by atoms with van der Waals surface area (Å²) in [4.78, 5) is 14.5. The Hall–Kier alpha value is -1.40. The first-order valence-corrected chi connectivity index (χ1v) is 11.3. The third-order valence-corrected chi connectivity index (χ3v) is 5.67. The maximum absolute atomic E-state index is 12.7. The predicted molar refractivity (Wildman–Crippen MR) is 106 cm³/mol. The maximum Gasteiger partial charge on any atom is 0.223 e. The molecule has 6 heteroatoms. The molecule has 1 atom stereocenters. The first kappa shape index (κ1) is 20.9. The highest BCUT2D eigenvalue weighted by atomic mass is 32.2. The minimum absolute atomic E-state index is 0.0331. The number of amides is 1. The van der Waals surface area contributed by atoms with E-state index in [0.29, 0.717) is 19.4 Å². The maximum atomic E-state index is 12.7. The van der Waals surface area contributed by atoms with Gasteiger partial charge in [0.25, 0.3) is 0 Å². The van der Waals surface area contributed by atoms with E-state index in [1.807, 2.05) is 4.90 Å². The van der Waals surface area contributed by atoms with E-state index in [2.05, 4.69) is 49.8 Å². The molecular formula is C20H32N2O3S. The monoisotopic (exact) mass is 380 g/mol. The number of carbonyl (C=O) groups excluding carboxylic acids is 1. The zero-order valence-electron chi connectivity index (χ0n) is 16.4. The number of hydrogen-bond donors (Lipinski definition) is 1. The second-order valence-electron chi connectivity index (χ2n) is 8.30. The average Bonchev–Trinajstić information content (AvgIpc) is 2.57. The predicted octanol–water partition coefficient (Wildman–Crippen LogP) is 2.85. The zero-order valence-corrected chi connectivity index (χ0v) is 17.2. The van der Waals surface area contributed by atoms with Gasteiger partial charge in [-0.2, -0.15) is 0 Å². The zero-order chi connectivity index (χ0) is 19.4. The number of nitrogens with one attached hydrogen (secondary N) is 1. The highest BCUT2D eigenvalue weighted by Gasteiger charge is 2.26. The summed E-state index contributed by atoms with van der Waals surface area (Å²) in [5.74, 6) is 0.116. The Morgan fingerprint density at radius 3 is 2.42 bits per heavy atom. The molecule has 1 unspecified atom stereocenters. The van der Waals surface area contributed by atoms with Crippen molar-refractivity contribution in [3.05, 3.63) is 35.4 Å². The largest absolute Gasteiger partial charge is 0.338 e. The molecule has 146 valence electrons. The number of carbonyl (C=O) groups is 1. The van der Waals surface area contributed by atoms with Gasteiger partial charge in [0.15, 0.2) is 0 Å². The number of hydrogen-bond acceptors (Lipinski definition) is 3. The van der Waals surface area contributed by atoms with Crippen LogP contribution in [0.1, 0.15) is 57.6 Å². The molecule has 1 aromatic carbocycles. The third kappa shape index (κ3) is 6.40. The van der Waals surface area contributed by atoms with E-state index in [4.69, 9.17) is 0 Å². The Bertz CT molecular complexity index is 706. The molecular weight excluding hydrogens is 348 g/mol. The summed E-state index contributed by atoms with van der Waals surface area (Å²) in [6.45, 7) is 7.59. The molecule has 0 spiro atoms. The lowest BCUT2D eigenvalue weighted by Crippen LogP contribution is -2.49. The van der Waals surface area contributed by atoms with Gasteiger partial charge in [-0.1, -0.05) is 45.0 Å².